The van der Waals surface area contributed by atoms with Gasteiger partial charge in [0, 0.05) is 63.1 Å². The first-order chi connectivity index (χ1) is 42.1. The Morgan fingerprint density at radius 1 is 0.495 bits per heavy atom. The van der Waals surface area contributed by atoms with Crippen molar-refractivity contribution in [2.24, 2.45) is 53.3 Å². The summed E-state index contributed by atoms with van der Waals surface area (Å²) in [6.07, 6.45) is 15.9. The number of nitrogens with one attached hydrogen (secondary N) is 4. The number of methoxy groups -OCH3 is 2. The molecule has 6 rings (SSSR count). The van der Waals surface area contributed by atoms with E-state index in [1.54, 1.807) is 21.1 Å². The number of carbonyl (C=O) groups is 4. The molecule has 9 unspecified atom stereocenters. The predicted octanol–water partition coefficient (Wildman–Crippen LogP) is 7.48. The summed E-state index contributed by atoms with van der Waals surface area (Å²) in [6.45, 7) is 13.3. The molecular weight excluding hydrogens is 1400 g/mol. The number of sulfonamides is 5. The molecule has 43 heteroatoms. The highest BCUT2D eigenvalue weighted by atomic mass is 32.2. The Morgan fingerprint density at radius 2 is 0.882 bits per heavy atom. The number of fused-ring (bicyclic) bond motifs is 6. The number of alkyl halides is 15. The van der Waals surface area contributed by atoms with Gasteiger partial charge in [-0.2, -0.15) is 70.2 Å². The third-order valence-corrected chi connectivity index (χ3v) is 20.7. The summed E-state index contributed by atoms with van der Waals surface area (Å²) in [7, 11) is -22.8. The van der Waals surface area contributed by atoms with Crippen LogP contribution >= 0.6 is 0 Å². The molecule has 0 radical (unpaired) electrons. The number of likely N-dealkylation sites (N-methyl/N-ethyl adjacent to an activating group) is 1. The van der Waals surface area contributed by atoms with Crippen molar-refractivity contribution < 1.29 is 146 Å². The molecule has 5 saturated carbocycles. The van der Waals surface area contributed by atoms with Gasteiger partial charge in [0.25, 0.3) is 0 Å². The Kier molecular flexibility index (Phi) is 35.0. The van der Waals surface area contributed by atoms with Crippen molar-refractivity contribution in [3.63, 3.8) is 0 Å². The Morgan fingerprint density at radius 3 is 1.14 bits per heavy atom. The largest absolute Gasteiger partial charge is 0.511 e. The van der Waals surface area contributed by atoms with Crippen molar-refractivity contribution in [3.05, 3.63) is 61.8 Å². The number of ether oxygens (including phenoxy) is 4. The van der Waals surface area contributed by atoms with Gasteiger partial charge in [0.05, 0.1) is 14.2 Å². The molecule has 5 fully saturated rings. The van der Waals surface area contributed by atoms with Crippen molar-refractivity contribution >= 4 is 74.0 Å². The summed E-state index contributed by atoms with van der Waals surface area (Å²) in [5.41, 5.74) is -25.8. The first-order valence-electron chi connectivity index (χ1n) is 27.1. The van der Waals surface area contributed by atoms with Crippen molar-refractivity contribution in [1.29, 1.82) is 0 Å². The summed E-state index contributed by atoms with van der Waals surface area (Å²) in [4.78, 5) is 41.3. The topological polar surface area (TPSA) is 327 Å². The van der Waals surface area contributed by atoms with Gasteiger partial charge in [-0.25, -0.2) is 80.2 Å². The first-order valence-corrected chi connectivity index (χ1v) is 34.5. The number of allylic oxidation sites excluding steroid dienone is 2. The van der Waals surface area contributed by atoms with Gasteiger partial charge in [0.1, 0.15) is 13.2 Å². The van der Waals surface area contributed by atoms with Crippen molar-refractivity contribution in [2.75, 3.05) is 67.2 Å². The van der Waals surface area contributed by atoms with Crippen LogP contribution in [0, 0.1) is 53.3 Å². The van der Waals surface area contributed by atoms with Gasteiger partial charge in [0.2, 0.25) is 0 Å². The normalized spacial score (nSPS) is 23.0. The molecule has 6 aliphatic carbocycles. The summed E-state index contributed by atoms with van der Waals surface area (Å²) >= 11 is 0. The quantitative estimate of drug-likeness (QED) is 0.0216. The molecule has 6 bridgehead atoms. The highest BCUT2D eigenvalue weighted by Gasteiger charge is 2.51. The van der Waals surface area contributed by atoms with E-state index in [1.807, 2.05) is 6.08 Å². The molecule has 9 atom stereocenters. The predicted molar refractivity (Wildman–Crippen MR) is 302 cm³/mol. The van der Waals surface area contributed by atoms with Gasteiger partial charge in [0.15, 0.2) is 0 Å². The number of halogens is 15. The minimum atomic E-state index is -5.38. The molecule has 0 aromatic rings. The highest BCUT2D eigenvalue weighted by Crippen LogP contribution is 2.49. The monoisotopic (exact) mass is 1480 g/mol. The van der Waals surface area contributed by atoms with Crippen molar-refractivity contribution in [3.8, 4) is 0 Å². The Balaban J connectivity index is 0.00000108. The van der Waals surface area contributed by atoms with Crippen LogP contribution in [0.25, 0.3) is 0 Å². The van der Waals surface area contributed by atoms with Crippen LogP contribution in [0.1, 0.15) is 78.1 Å². The maximum absolute atomic E-state index is 12.0. The zero-order valence-electron chi connectivity index (χ0n) is 50.4. The molecular formula is C50H74F15N5O18S5. The summed E-state index contributed by atoms with van der Waals surface area (Å²) < 4.78 is 310. The Hall–Kier alpha value is -4.92. The zero-order valence-corrected chi connectivity index (χ0v) is 54.4. The average molecular weight is 1480 g/mol. The molecule has 93 heavy (non-hydrogen) atoms. The van der Waals surface area contributed by atoms with E-state index in [1.165, 1.54) is 25.9 Å². The lowest BCUT2D eigenvalue weighted by molar-refractivity contribution is -0.139. The van der Waals surface area contributed by atoms with Crippen molar-refractivity contribution in [1.82, 2.24) is 23.2 Å². The second-order valence-corrected chi connectivity index (χ2v) is 30.3. The molecule has 6 aliphatic rings. The lowest BCUT2D eigenvalue weighted by Gasteiger charge is -2.22. The minimum absolute atomic E-state index is 0.00660. The Bertz CT molecular complexity index is 3070. The molecule has 23 nitrogen and oxygen atoms in total. The molecule has 0 aromatic carbocycles. The fourth-order valence-electron chi connectivity index (χ4n) is 9.69. The molecule has 542 valence electrons. The van der Waals surface area contributed by atoms with E-state index in [2.05, 4.69) is 51.3 Å². The molecule has 0 amide bonds. The van der Waals surface area contributed by atoms with Crippen LogP contribution in [0.15, 0.2) is 61.8 Å². The standard InChI is InChI=1S/2C9H14F3NO2S.C9H12F3NO2S.2C7H10F3NO4S.C5H8O2.C4H6O2/c3*10-9(11,12)16(14,15)13-5-8-4-6-1-2-7(8)3-6;1-5(2)6(12)15-4-3-11-16(13,14)7(8,9)10;1-3-6(12)15-5-4-11(2)16(13,14)7(8,9)10;1-4(2)5(6)7-3;1-3-4(5)6-2/h2*6-8,13H,1-5H2;1-2,6-8,13H,3-5H2;11H,1,3-4H2,2H3;3H,1,4-5H2,2H3;1H2,2-3H3;3H,1H2,2H3. The summed E-state index contributed by atoms with van der Waals surface area (Å²) in [5.74, 6) is 0.516. The second-order valence-electron chi connectivity index (χ2n) is 21.2. The maximum atomic E-state index is 12.0. The number of rotatable bonds is 21. The van der Waals surface area contributed by atoms with Crippen LogP contribution in [0.3, 0.4) is 0 Å². The number of nitrogens with zero attached hydrogens (tertiary/aromatic N) is 1. The van der Waals surface area contributed by atoms with E-state index in [-0.39, 0.29) is 59.2 Å². The van der Waals surface area contributed by atoms with Gasteiger partial charge in [-0.3, -0.25) is 0 Å². The first kappa shape index (κ1) is 88.1. The van der Waals surface area contributed by atoms with Gasteiger partial charge < -0.3 is 18.9 Å². The second kappa shape index (κ2) is 37.0. The SMILES string of the molecule is C=C(C)C(=O)OC.C=C(C)C(=O)OCCNS(=O)(=O)C(F)(F)F.C=CC(=O)OC.C=CC(=O)OCCN(C)S(=O)(=O)C(F)(F)F.O=S(=O)(NCC1CC2C=CC1C2)C(F)(F)F.O=S(=O)(NCC1CC2CCC1C2)C(F)(F)F.O=S(=O)(NCC1CC2CCC1C2)C(F)(F)F. The molecule has 4 N–H and O–H groups in total. The number of carbonyl (C=O) groups excluding carboxylic acids is 4. The van der Waals surface area contributed by atoms with Gasteiger partial charge in [-0.1, -0.05) is 51.3 Å². The fourth-order valence-corrected chi connectivity index (χ4v) is 12.7. The molecule has 0 spiro atoms. The number of hydrogen-bond donors (Lipinski definition) is 4. The Labute approximate surface area is 529 Å². The third kappa shape index (κ3) is 29.9. The van der Waals surface area contributed by atoms with E-state index in [9.17, 15) is 127 Å². The van der Waals surface area contributed by atoms with Gasteiger partial charge >= 0.3 is 102 Å². The van der Waals surface area contributed by atoms with E-state index in [0.717, 1.165) is 83.4 Å². The lowest BCUT2D eigenvalue weighted by Crippen LogP contribution is -2.39. The van der Waals surface area contributed by atoms with Crippen molar-refractivity contribution in [2.45, 2.75) is 106 Å². The van der Waals surface area contributed by atoms with E-state index < -0.39 is 122 Å². The highest BCUT2D eigenvalue weighted by molar-refractivity contribution is 7.91. The summed E-state index contributed by atoms with van der Waals surface area (Å²) in [5, 5.41) is 0. The van der Waals surface area contributed by atoms with Crippen LogP contribution in [-0.2, 0) is 88.2 Å². The van der Waals surface area contributed by atoms with Gasteiger partial charge in [-0.05, 0) is 118 Å². The number of hydrogen-bond acceptors (Lipinski definition) is 18. The summed E-state index contributed by atoms with van der Waals surface area (Å²) in [6, 6.07) is 0. The lowest BCUT2D eigenvalue weighted by atomic mass is 9.89. The smallest absolute Gasteiger partial charge is 0.466 e. The zero-order chi connectivity index (χ0) is 72.7. The average Bonchev–Trinajstić information content (AvgIpc) is 1.76. The number of esters is 4. The molecule has 0 aromatic heterocycles. The van der Waals surface area contributed by atoms with E-state index in [4.69, 9.17) is 0 Å². The minimum Gasteiger partial charge on any atom is -0.466 e. The van der Waals surface area contributed by atoms with Gasteiger partial charge in [-0.15, -0.1) is 0 Å². The van der Waals surface area contributed by atoms with Crippen LogP contribution in [0.2, 0.25) is 0 Å². The fraction of sp³-hybridized carbons (Fsp3) is 0.720. The van der Waals surface area contributed by atoms with E-state index in [0.29, 0.717) is 35.2 Å². The molecule has 0 aliphatic heterocycles. The third-order valence-electron chi connectivity index (χ3n) is 14.4. The van der Waals surface area contributed by atoms with Crippen LogP contribution in [0.5, 0.6) is 0 Å². The molecule has 0 saturated heterocycles. The van der Waals surface area contributed by atoms with Crippen LogP contribution < -0.4 is 18.9 Å². The van der Waals surface area contributed by atoms with E-state index >= 15 is 0 Å². The maximum Gasteiger partial charge on any atom is 0.511 e. The van der Waals surface area contributed by atoms with Crippen LogP contribution in [0.4, 0.5) is 65.9 Å². The molecule has 0 heterocycles. The van der Waals surface area contributed by atoms with Crippen LogP contribution in [-0.4, -0.2) is 165 Å².